The number of fused-ring (bicyclic) bond motifs is 1. The van der Waals surface area contributed by atoms with Gasteiger partial charge in [-0.25, -0.2) is 4.79 Å². The van der Waals surface area contributed by atoms with E-state index in [2.05, 4.69) is 11.8 Å². The van der Waals surface area contributed by atoms with E-state index in [4.69, 9.17) is 30.9 Å². The van der Waals surface area contributed by atoms with E-state index in [-0.39, 0.29) is 17.9 Å². The van der Waals surface area contributed by atoms with Crippen LogP contribution < -0.4 is 10.0 Å². The van der Waals surface area contributed by atoms with Crippen LogP contribution in [0.5, 0.6) is 0 Å². The second kappa shape index (κ2) is 13.3. The molecule has 1 aliphatic rings. The Hall–Kier alpha value is -2.81. The minimum Gasteiger partial charge on any atom is -0.869 e. The summed E-state index contributed by atoms with van der Waals surface area (Å²) in [6, 6.07) is 5.02. The van der Waals surface area contributed by atoms with E-state index in [0.29, 0.717) is 48.0 Å². The second-order valence-electron chi connectivity index (χ2n) is 8.22. The summed E-state index contributed by atoms with van der Waals surface area (Å²) in [6.07, 6.45) is 6.55. The van der Waals surface area contributed by atoms with Gasteiger partial charge >= 0.3 is 6.09 Å². The number of ether oxygens (including phenoxy) is 2. The highest BCUT2D eigenvalue weighted by Crippen LogP contribution is 2.39. The fourth-order valence-corrected chi connectivity index (χ4v) is 4.10. The third-order valence-corrected chi connectivity index (χ3v) is 5.99. The largest absolute Gasteiger partial charge is 0.869 e. The number of nitrogens with zero attached hydrogens (tertiary/aromatic N) is 2. The maximum atomic E-state index is 13.6. The lowest BCUT2D eigenvalue weighted by Gasteiger charge is -2.25. The number of allylic oxidation sites excluding steroid dienone is 2. The average molecular weight is 503 g/mol. The summed E-state index contributed by atoms with van der Waals surface area (Å²) in [5.41, 5.74) is 0.907. The zero-order valence-electron chi connectivity index (χ0n) is 20.3. The van der Waals surface area contributed by atoms with Gasteiger partial charge in [0.05, 0.1) is 19.8 Å². The number of furan rings is 1. The Morgan fingerprint density at radius 2 is 2.06 bits per heavy atom. The van der Waals surface area contributed by atoms with Crippen molar-refractivity contribution in [2.45, 2.75) is 33.1 Å². The molecule has 0 bridgehead atoms. The van der Waals surface area contributed by atoms with E-state index >= 15 is 0 Å². The topological polar surface area (TPSA) is 102 Å². The van der Waals surface area contributed by atoms with Gasteiger partial charge in [0.2, 0.25) is 0 Å². The first kappa shape index (κ1) is 26.8. The Balaban J connectivity index is 2.05. The highest BCUT2D eigenvalue weighted by molar-refractivity contribution is 6.31. The molecule has 0 atom stereocenters. The van der Waals surface area contributed by atoms with Crippen molar-refractivity contribution in [1.29, 1.82) is 5.41 Å². The maximum Gasteiger partial charge on any atom is 0.414 e. The quantitative estimate of drug-likeness (QED) is 0.204. The molecule has 0 spiro atoms. The molecule has 2 aromatic rings. The number of carbonyl (C=O) groups is 1. The number of amides is 1. The molecule has 8 nitrogen and oxygen atoms in total. The Morgan fingerprint density at radius 3 is 2.74 bits per heavy atom. The van der Waals surface area contributed by atoms with Crippen LogP contribution in [0.15, 0.2) is 40.3 Å². The van der Waals surface area contributed by atoms with Crippen molar-refractivity contribution >= 4 is 46.3 Å². The van der Waals surface area contributed by atoms with Gasteiger partial charge in [0, 0.05) is 42.8 Å². The van der Waals surface area contributed by atoms with Gasteiger partial charge in [0.1, 0.15) is 17.0 Å². The van der Waals surface area contributed by atoms with Gasteiger partial charge in [-0.3, -0.25) is 9.80 Å². The predicted molar refractivity (Wildman–Crippen MR) is 137 cm³/mol. The number of hydrogen-bond donors (Lipinski definition) is 1. The molecule has 0 saturated carbocycles. The molecule has 1 N–H and O–H groups in total. The van der Waals surface area contributed by atoms with Gasteiger partial charge in [-0.1, -0.05) is 49.3 Å². The molecule has 9 heteroatoms. The van der Waals surface area contributed by atoms with Crippen LogP contribution in [0.1, 0.15) is 38.9 Å². The van der Waals surface area contributed by atoms with E-state index in [1.807, 2.05) is 6.08 Å². The number of anilines is 1. The SMILES string of the molecule is CCCCCN(C(=O)OCC)c1c(C([O-])=C(C=N)C=CCN2CCOCC2)oc2ccc(Cl)cc12. The smallest absolute Gasteiger partial charge is 0.414 e. The van der Waals surface area contributed by atoms with Gasteiger partial charge in [0.25, 0.3) is 0 Å². The van der Waals surface area contributed by atoms with Crippen LogP contribution in [0.3, 0.4) is 0 Å². The number of carbonyl (C=O) groups excluding carboxylic acids is 1. The number of nitrogens with one attached hydrogen (secondary N) is 1. The summed E-state index contributed by atoms with van der Waals surface area (Å²) in [5.74, 6) is -0.494. The van der Waals surface area contributed by atoms with Gasteiger partial charge in [-0.2, -0.15) is 0 Å². The standard InChI is InChI=1S/C26H34ClN3O5/c1-3-5-6-12-30(26(32)34-4-2)23-21-17-20(27)9-10-22(21)35-25(23)24(31)19(18-28)8-7-11-29-13-15-33-16-14-29/h7-10,17-18,28,31H,3-6,11-16H2,1-2H3/p-1. The van der Waals surface area contributed by atoms with Crippen molar-refractivity contribution < 1.29 is 23.8 Å². The van der Waals surface area contributed by atoms with Crippen LogP contribution in [0.25, 0.3) is 16.7 Å². The van der Waals surface area contributed by atoms with Crippen LogP contribution in [0, 0.1) is 5.41 Å². The summed E-state index contributed by atoms with van der Waals surface area (Å²) in [5, 5.41) is 22.4. The summed E-state index contributed by atoms with van der Waals surface area (Å²) in [4.78, 5) is 16.6. The number of morpholine rings is 1. The normalized spacial score (nSPS) is 15.4. The van der Waals surface area contributed by atoms with E-state index in [0.717, 1.165) is 38.6 Å². The Kier molecular flexibility index (Phi) is 10.2. The fourth-order valence-electron chi connectivity index (χ4n) is 3.93. The number of unbranched alkanes of at least 4 members (excludes halogenated alkanes) is 2. The summed E-state index contributed by atoms with van der Waals surface area (Å²) in [7, 11) is 0. The lowest BCUT2D eigenvalue weighted by atomic mass is 10.1. The molecule has 3 rings (SSSR count). The van der Waals surface area contributed by atoms with Crippen LogP contribution in [0.4, 0.5) is 10.5 Å². The van der Waals surface area contributed by atoms with E-state index < -0.39 is 11.9 Å². The molecule has 1 aliphatic heterocycles. The number of hydrogen-bond acceptors (Lipinski definition) is 7. The molecule has 0 unspecified atom stereocenters. The molecule has 0 radical (unpaired) electrons. The predicted octanol–water partition coefficient (Wildman–Crippen LogP) is 4.85. The molecule has 1 amide bonds. The van der Waals surface area contributed by atoms with Crippen molar-refractivity contribution in [1.82, 2.24) is 4.90 Å². The van der Waals surface area contributed by atoms with Crippen molar-refractivity contribution in [3.05, 3.63) is 46.7 Å². The van der Waals surface area contributed by atoms with Gasteiger partial charge in [-0.05, 0) is 37.1 Å². The second-order valence-corrected chi connectivity index (χ2v) is 8.66. The Morgan fingerprint density at radius 1 is 1.29 bits per heavy atom. The molecule has 1 saturated heterocycles. The lowest BCUT2D eigenvalue weighted by molar-refractivity contribution is -0.246. The average Bonchev–Trinajstić information content (AvgIpc) is 3.23. The van der Waals surface area contributed by atoms with Crippen LogP contribution in [-0.2, 0) is 9.47 Å². The van der Waals surface area contributed by atoms with Crippen LogP contribution >= 0.6 is 11.6 Å². The van der Waals surface area contributed by atoms with Gasteiger partial charge in [-0.15, -0.1) is 0 Å². The van der Waals surface area contributed by atoms with Gasteiger partial charge < -0.3 is 24.4 Å². The zero-order chi connectivity index (χ0) is 25.2. The van der Waals surface area contributed by atoms with E-state index in [1.54, 1.807) is 31.2 Å². The Labute approximate surface area is 211 Å². The molecular formula is C26H33ClN3O5-. The van der Waals surface area contributed by atoms with Crippen molar-refractivity contribution in [3.8, 4) is 0 Å². The minimum atomic E-state index is -0.556. The summed E-state index contributed by atoms with van der Waals surface area (Å²) >= 11 is 6.26. The first-order valence-electron chi connectivity index (χ1n) is 12.0. The maximum absolute atomic E-state index is 13.6. The van der Waals surface area contributed by atoms with Crippen LogP contribution in [0.2, 0.25) is 5.02 Å². The third kappa shape index (κ3) is 6.87. The third-order valence-electron chi connectivity index (χ3n) is 5.76. The summed E-state index contributed by atoms with van der Waals surface area (Å²) < 4.78 is 16.6. The highest BCUT2D eigenvalue weighted by atomic mass is 35.5. The molecule has 0 aliphatic carbocycles. The van der Waals surface area contributed by atoms with Crippen molar-refractivity contribution in [2.75, 3.05) is 50.9 Å². The lowest BCUT2D eigenvalue weighted by Crippen LogP contribution is -2.36. The Bertz CT molecular complexity index is 1070. The van der Waals surface area contributed by atoms with Gasteiger partial charge in [0.15, 0.2) is 0 Å². The molecule has 1 fully saturated rings. The minimum absolute atomic E-state index is 0.0126. The highest BCUT2D eigenvalue weighted by Gasteiger charge is 2.26. The van der Waals surface area contributed by atoms with Crippen LogP contribution in [-0.4, -0.2) is 63.2 Å². The number of rotatable bonds is 11. The zero-order valence-corrected chi connectivity index (χ0v) is 21.1. The molecule has 2 heterocycles. The first-order chi connectivity index (χ1) is 17.0. The molecular weight excluding hydrogens is 470 g/mol. The molecule has 1 aromatic carbocycles. The molecule has 35 heavy (non-hydrogen) atoms. The fraction of sp³-hybridized carbons (Fsp3) is 0.462. The number of halogens is 1. The monoisotopic (exact) mass is 502 g/mol. The first-order valence-corrected chi connectivity index (χ1v) is 12.4. The number of benzene rings is 1. The van der Waals surface area contributed by atoms with E-state index in [1.165, 1.54) is 4.90 Å². The summed E-state index contributed by atoms with van der Waals surface area (Å²) in [6.45, 7) is 8.01. The molecule has 1 aromatic heterocycles. The molecule has 190 valence electrons. The van der Waals surface area contributed by atoms with Crippen molar-refractivity contribution in [2.24, 2.45) is 0 Å². The van der Waals surface area contributed by atoms with Crippen molar-refractivity contribution in [3.63, 3.8) is 0 Å². The van der Waals surface area contributed by atoms with E-state index in [9.17, 15) is 9.90 Å².